The van der Waals surface area contributed by atoms with Gasteiger partial charge in [0.05, 0.1) is 18.8 Å². The van der Waals surface area contributed by atoms with Crippen LogP contribution in [-0.4, -0.2) is 57.1 Å². The Hall–Kier alpha value is -1.33. The Balaban J connectivity index is 2.13. The molecule has 1 aliphatic rings. The summed E-state index contributed by atoms with van der Waals surface area (Å²) in [7, 11) is -3.61. The van der Waals surface area contributed by atoms with Gasteiger partial charge in [0.25, 0.3) is 5.91 Å². The van der Waals surface area contributed by atoms with E-state index in [1.807, 2.05) is 0 Å². The Morgan fingerprint density at radius 3 is 2.52 bits per heavy atom. The van der Waals surface area contributed by atoms with Crippen molar-refractivity contribution >= 4 is 13.4 Å². The normalized spacial score (nSPS) is 26.2. The minimum absolute atomic E-state index is 0.0438. The zero-order chi connectivity index (χ0) is 20.4. The minimum atomic E-state index is -3.61. The van der Waals surface area contributed by atoms with Crippen molar-refractivity contribution < 1.29 is 33.3 Å². The second-order valence-electron chi connectivity index (χ2n) is 6.67. The molecular formula is C15H26N3O8P. The van der Waals surface area contributed by atoms with Gasteiger partial charge in [0, 0.05) is 6.20 Å². The van der Waals surface area contributed by atoms with Crippen LogP contribution in [0.3, 0.4) is 0 Å². The maximum absolute atomic E-state index is 12.8. The quantitative estimate of drug-likeness (QED) is 0.509. The summed E-state index contributed by atoms with van der Waals surface area (Å²) in [4.78, 5) is 15.4. The largest absolute Gasteiger partial charge is 0.383 e. The number of ether oxygens (including phenoxy) is 2. The summed E-state index contributed by atoms with van der Waals surface area (Å²) in [6.45, 7) is 6.52. The number of nitrogen functional groups attached to an aromatic ring is 1. The molecule has 1 unspecified atom stereocenters. The Labute approximate surface area is 156 Å². The topological polar surface area (TPSA) is 155 Å². The number of aliphatic hydroxyl groups is 2. The highest BCUT2D eigenvalue weighted by atomic mass is 31.2. The van der Waals surface area contributed by atoms with Crippen molar-refractivity contribution in [2.75, 3.05) is 18.7 Å². The summed E-state index contributed by atoms with van der Waals surface area (Å²) in [5.41, 5.74) is 4.51. The van der Waals surface area contributed by atoms with Gasteiger partial charge in [0.2, 0.25) is 0 Å². The number of aromatic nitrogens is 2. The molecular weight excluding hydrogens is 381 g/mol. The van der Waals surface area contributed by atoms with Crippen LogP contribution in [0.25, 0.3) is 0 Å². The van der Waals surface area contributed by atoms with Gasteiger partial charge in [-0.3, -0.25) is 4.57 Å². The van der Waals surface area contributed by atoms with Crippen LogP contribution >= 0.6 is 7.60 Å². The SMILES string of the molecule is CC(C)OP(=O)(CO[C@H]1COC(O)(n2ccc(N)nc2=O)[C@@H]1O)OC(C)C. The highest BCUT2D eigenvalue weighted by Gasteiger charge is 2.52. The Bertz CT molecular complexity index is 741. The van der Waals surface area contributed by atoms with E-state index in [-0.39, 0.29) is 24.6 Å². The number of hydrogen-bond donors (Lipinski definition) is 3. The zero-order valence-corrected chi connectivity index (χ0v) is 16.5. The van der Waals surface area contributed by atoms with Gasteiger partial charge in [-0.05, 0) is 33.8 Å². The van der Waals surface area contributed by atoms with Crippen LogP contribution in [0.15, 0.2) is 17.1 Å². The average Bonchev–Trinajstić information content (AvgIpc) is 2.80. The fourth-order valence-electron chi connectivity index (χ4n) is 2.55. The summed E-state index contributed by atoms with van der Waals surface area (Å²) < 4.78 is 34.8. The van der Waals surface area contributed by atoms with Gasteiger partial charge in [-0.1, -0.05) is 0 Å². The van der Waals surface area contributed by atoms with E-state index >= 15 is 0 Å². The third-order valence-electron chi connectivity index (χ3n) is 3.56. The number of anilines is 1. The lowest BCUT2D eigenvalue weighted by Crippen LogP contribution is -2.51. The van der Waals surface area contributed by atoms with E-state index < -0.39 is 37.8 Å². The summed E-state index contributed by atoms with van der Waals surface area (Å²) >= 11 is 0. The van der Waals surface area contributed by atoms with Gasteiger partial charge in [0.1, 0.15) is 18.3 Å². The van der Waals surface area contributed by atoms with Gasteiger partial charge in [-0.2, -0.15) is 4.98 Å². The molecule has 11 nitrogen and oxygen atoms in total. The standard InChI is InChI=1S/C15H26N3O8P/c1-9(2)25-27(22,26-10(3)4)8-23-11-7-24-15(21,13(11)19)18-6-5-12(16)17-14(18)20/h5-6,9-11,13,19,21H,7-8H2,1-4H3,(H2,16,17,20)/t11-,13+,15?/m0/s1. The van der Waals surface area contributed by atoms with Crippen LogP contribution in [0, 0.1) is 0 Å². The van der Waals surface area contributed by atoms with Crippen LogP contribution in [0.2, 0.25) is 0 Å². The summed E-state index contributed by atoms with van der Waals surface area (Å²) in [5, 5.41) is 21.0. The fourth-order valence-corrected chi connectivity index (χ4v) is 4.38. The van der Waals surface area contributed by atoms with Crippen LogP contribution in [0.4, 0.5) is 5.82 Å². The molecule has 1 aliphatic heterocycles. The van der Waals surface area contributed by atoms with Crippen LogP contribution in [0.1, 0.15) is 27.7 Å². The Kier molecular flexibility index (Phi) is 6.80. The van der Waals surface area contributed by atoms with Crippen molar-refractivity contribution in [3.05, 3.63) is 22.7 Å². The predicted molar refractivity (Wildman–Crippen MR) is 94.8 cm³/mol. The molecule has 154 valence electrons. The number of hydrogen-bond acceptors (Lipinski definition) is 10. The van der Waals surface area contributed by atoms with Crippen molar-refractivity contribution in [1.29, 1.82) is 0 Å². The molecule has 2 rings (SSSR count). The van der Waals surface area contributed by atoms with Gasteiger partial charge in [-0.15, -0.1) is 0 Å². The zero-order valence-electron chi connectivity index (χ0n) is 15.6. The van der Waals surface area contributed by atoms with Crippen LogP contribution in [-0.2, 0) is 29.0 Å². The lowest BCUT2D eigenvalue weighted by molar-refractivity contribution is -0.278. The maximum atomic E-state index is 12.8. The van der Waals surface area contributed by atoms with Crippen molar-refractivity contribution in [3.8, 4) is 0 Å². The number of rotatable bonds is 8. The average molecular weight is 407 g/mol. The number of nitrogens with two attached hydrogens (primary N) is 1. The molecule has 0 radical (unpaired) electrons. The van der Waals surface area contributed by atoms with E-state index in [9.17, 15) is 19.6 Å². The van der Waals surface area contributed by atoms with E-state index in [4.69, 9.17) is 24.3 Å². The highest BCUT2D eigenvalue weighted by Crippen LogP contribution is 2.51. The summed E-state index contributed by atoms with van der Waals surface area (Å²) in [6, 6.07) is 1.27. The second kappa shape index (κ2) is 8.36. The molecule has 12 heteroatoms. The molecule has 0 bridgehead atoms. The first-order valence-electron chi connectivity index (χ1n) is 8.44. The van der Waals surface area contributed by atoms with Gasteiger partial charge in [-0.25, -0.2) is 9.36 Å². The fraction of sp³-hybridized carbons (Fsp3) is 0.733. The van der Waals surface area contributed by atoms with Gasteiger partial charge < -0.3 is 34.5 Å². The predicted octanol–water partition coefficient (Wildman–Crippen LogP) is 0.205. The lowest BCUT2D eigenvalue weighted by Gasteiger charge is -2.28. The summed E-state index contributed by atoms with van der Waals surface area (Å²) in [5.74, 6) is -2.44. The third kappa shape index (κ3) is 5.14. The van der Waals surface area contributed by atoms with Gasteiger partial charge in [0.15, 0.2) is 6.10 Å². The molecule has 27 heavy (non-hydrogen) atoms. The molecule has 0 aliphatic carbocycles. The van der Waals surface area contributed by atoms with E-state index in [0.29, 0.717) is 4.57 Å². The molecule has 1 saturated heterocycles. The van der Waals surface area contributed by atoms with E-state index in [1.54, 1.807) is 27.7 Å². The molecule has 3 atom stereocenters. The molecule has 0 amide bonds. The minimum Gasteiger partial charge on any atom is -0.383 e. The molecule has 2 heterocycles. The lowest BCUT2D eigenvalue weighted by atomic mass is 10.2. The first kappa shape index (κ1) is 22.0. The number of aliphatic hydroxyl groups excluding tert-OH is 1. The number of nitrogens with zero attached hydrogens (tertiary/aromatic N) is 2. The van der Waals surface area contributed by atoms with Crippen molar-refractivity contribution in [3.63, 3.8) is 0 Å². The van der Waals surface area contributed by atoms with Crippen LogP contribution in [0.5, 0.6) is 0 Å². The van der Waals surface area contributed by atoms with Gasteiger partial charge >= 0.3 is 13.3 Å². The summed E-state index contributed by atoms with van der Waals surface area (Å²) in [6.07, 6.45) is -2.81. The third-order valence-corrected chi connectivity index (χ3v) is 5.51. The first-order chi connectivity index (χ1) is 12.5. The molecule has 0 aromatic carbocycles. The second-order valence-corrected chi connectivity index (χ2v) is 8.57. The highest BCUT2D eigenvalue weighted by molar-refractivity contribution is 7.53. The van der Waals surface area contributed by atoms with E-state index in [2.05, 4.69) is 4.98 Å². The van der Waals surface area contributed by atoms with Crippen molar-refractivity contribution in [2.24, 2.45) is 0 Å². The molecule has 1 aromatic rings. The van der Waals surface area contributed by atoms with Crippen LogP contribution < -0.4 is 11.4 Å². The first-order valence-corrected chi connectivity index (χ1v) is 10.2. The van der Waals surface area contributed by atoms with Crippen molar-refractivity contribution in [2.45, 2.75) is 58.0 Å². The smallest absolute Gasteiger partial charge is 0.356 e. The molecule has 1 fully saturated rings. The van der Waals surface area contributed by atoms with E-state index in [1.165, 1.54) is 6.07 Å². The Morgan fingerprint density at radius 1 is 1.41 bits per heavy atom. The van der Waals surface area contributed by atoms with Crippen molar-refractivity contribution in [1.82, 2.24) is 9.55 Å². The maximum Gasteiger partial charge on any atom is 0.356 e. The Morgan fingerprint density at radius 2 is 2.00 bits per heavy atom. The van der Waals surface area contributed by atoms with E-state index in [0.717, 1.165) is 6.20 Å². The monoisotopic (exact) mass is 407 g/mol. The molecule has 1 aromatic heterocycles. The molecule has 0 spiro atoms. The molecule has 0 saturated carbocycles. The molecule has 4 N–H and O–H groups in total.